The lowest BCUT2D eigenvalue weighted by Gasteiger charge is -2.26. The van der Waals surface area contributed by atoms with Gasteiger partial charge in [-0.2, -0.15) is 8.42 Å². The zero-order chi connectivity index (χ0) is 16.3. The molecule has 0 aliphatic rings. The van der Waals surface area contributed by atoms with Gasteiger partial charge in [-0.3, -0.25) is 9.35 Å². The predicted molar refractivity (Wildman–Crippen MR) is 73.6 cm³/mol. The standard InChI is InChI=1S/C13H16O7S/c1-3-11(14)13(2,16)12(15)8-20-9-4-6-10(7-5-9)21(17,18)19/h3-7,12,15-16H,1,8H2,2H3,(H,17,18,19). The molecule has 3 N–H and O–H groups in total. The van der Waals surface area contributed by atoms with Gasteiger partial charge in [0.15, 0.2) is 11.4 Å². The van der Waals surface area contributed by atoms with Crippen molar-refractivity contribution in [1.29, 1.82) is 0 Å². The lowest BCUT2D eigenvalue weighted by molar-refractivity contribution is -0.144. The fourth-order valence-corrected chi connectivity index (χ4v) is 1.90. The van der Waals surface area contributed by atoms with Crippen molar-refractivity contribution < 1.29 is 32.7 Å². The van der Waals surface area contributed by atoms with E-state index in [9.17, 15) is 23.4 Å². The van der Waals surface area contributed by atoms with Crippen LogP contribution in [0.25, 0.3) is 0 Å². The van der Waals surface area contributed by atoms with Crippen LogP contribution >= 0.6 is 0 Å². The molecule has 0 aliphatic carbocycles. The largest absolute Gasteiger partial charge is 0.491 e. The summed E-state index contributed by atoms with van der Waals surface area (Å²) in [6.07, 6.45) is -0.603. The summed E-state index contributed by atoms with van der Waals surface area (Å²) in [5.41, 5.74) is -2.03. The minimum atomic E-state index is -4.29. The molecule has 1 aromatic rings. The highest BCUT2D eigenvalue weighted by molar-refractivity contribution is 7.85. The first-order valence-electron chi connectivity index (χ1n) is 5.86. The summed E-state index contributed by atoms with van der Waals surface area (Å²) >= 11 is 0. The topological polar surface area (TPSA) is 121 Å². The molecule has 0 aliphatic heterocycles. The van der Waals surface area contributed by atoms with Gasteiger partial charge in [-0.25, -0.2) is 0 Å². The Hall–Kier alpha value is -1.74. The Labute approximate surface area is 122 Å². The second kappa shape index (κ2) is 6.35. The van der Waals surface area contributed by atoms with E-state index in [1.807, 2.05) is 0 Å². The Bertz CT molecular complexity index is 616. The van der Waals surface area contributed by atoms with Crippen molar-refractivity contribution in [2.75, 3.05) is 6.61 Å². The Morgan fingerprint density at radius 3 is 2.38 bits per heavy atom. The third-order valence-electron chi connectivity index (χ3n) is 2.86. The Morgan fingerprint density at radius 2 is 1.95 bits per heavy atom. The minimum Gasteiger partial charge on any atom is -0.491 e. The summed E-state index contributed by atoms with van der Waals surface area (Å²) in [5.74, 6) is -0.552. The van der Waals surface area contributed by atoms with Gasteiger partial charge >= 0.3 is 0 Å². The summed E-state index contributed by atoms with van der Waals surface area (Å²) in [6.45, 7) is 3.96. The van der Waals surface area contributed by atoms with Gasteiger partial charge in [0.1, 0.15) is 18.5 Å². The number of hydrogen-bond acceptors (Lipinski definition) is 6. The number of benzene rings is 1. The highest BCUT2D eigenvalue weighted by Gasteiger charge is 2.36. The second-order valence-electron chi connectivity index (χ2n) is 4.49. The quantitative estimate of drug-likeness (QED) is 0.484. The number of ketones is 1. The van der Waals surface area contributed by atoms with E-state index >= 15 is 0 Å². The van der Waals surface area contributed by atoms with E-state index in [1.165, 1.54) is 12.1 Å². The van der Waals surface area contributed by atoms with Crippen LogP contribution in [0.5, 0.6) is 5.75 Å². The van der Waals surface area contributed by atoms with Gasteiger partial charge in [-0.05, 0) is 37.3 Å². The van der Waals surface area contributed by atoms with Crippen molar-refractivity contribution in [3.8, 4) is 5.75 Å². The molecule has 7 nitrogen and oxygen atoms in total. The summed E-state index contributed by atoms with van der Waals surface area (Å²) in [6, 6.07) is 4.76. The van der Waals surface area contributed by atoms with Crippen LogP contribution in [0, 0.1) is 0 Å². The van der Waals surface area contributed by atoms with Gasteiger partial charge in [0.25, 0.3) is 10.1 Å². The van der Waals surface area contributed by atoms with Crippen molar-refractivity contribution in [2.24, 2.45) is 0 Å². The van der Waals surface area contributed by atoms with Crippen LogP contribution in [-0.4, -0.2) is 47.3 Å². The molecule has 0 bridgehead atoms. The maximum absolute atomic E-state index is 11.4. The van der Waals surface area contributed by atoms with E-state index in [1.54, 1.807) is 0 Å². The summed E-state index contributed by atoms with van der Waals surface area (Å²) in [4.78, 5) is 11.1. The Balaban J connectivity index is 2.72. The molecule has 0 saturated carbocycles. The van der Waals surface area contributed by atoms with Crippen molar-refractivity contribution in [1.82, 2.24) is 0 Å². The zero-order valence-corrected chi connectivity index (χ0v) is 12.1. The number of carbonyl (C=O) groups is 1. The molecule has 0 radical (unpaired) electrons. The van der Waals surface area contributed by atoms with Gasteiger partial charge in [0.2, 0.25) is 0 Å². The van der Waals surface area contributed by atoms with E-state index in [-0.39, 0.29) is 10.6 Å². The molecule has 2 atom stereocenters. The summed E-state index contributed by atoms with van der Waals surface area (Å²) < 4.78 is 35.6. The van der Waals surface area contributed by atoms with Gasteiger partial charge in [0.05, 0.1) is 4.90 Å². The molecule has 0 fully saturated rings. The third-order valence-corrected chi connectivity index (χ3v) is 3.73. The lowest BCUT2D eigenvalue weighted by Crippen LogP contribution is -2.48. The summed E-state index contributed by atoms with van der Waals surface area (Å²) in [7, 11) is -4.29. The fourth-order valence-electron chi connectivity index (χ4n) is 1.42. The average molecular weight is 316 g/mol. The average Bonchev–Trinajstić information content (AvgIpc) is 2.43. The molecule has 21 heavy (non-hydrogen) atoms. The molecule has 8 heteroatoms. The molecule has 1 aromatic carbocycles. The molecule has 1 rings (SSSR count). The molecule has 0 amide bonds. The third kappa shape index (κ3) is 4.36. The normalized spacial score (nSPS) is 15.8. The highest BCUT2D eigenvalue weighted by atomic mass is 32.2. The van der Waals surface area contributed by atoms with E-state index in [0.717, 1.165) is 25.1 Å². The Kier molecular flexibility index (Phi) is 5.24. The van der Waals surface area contributed by atoms with E-state index in [2.05, 4.69) is 6.58 Å². The molecule has 0 saturated heterocycles. The van der Waals surface area contributed by atoms with E-state index in [0.29, 0.717) is 0 Å². The fraction of sp³-hybridized carbons (Fsp3) is 0.308. The predicted octanol–water partition coefficient (Wildman–Crippen LogP) is 0.179. The number of hydrogen-bond donors (Lipinski definition) is 3. The number of carbonyl (C=O) groups excluding carboxylic acids is 1. The second-order valence-corrected chi connectivity index (χ2v) is 5.91. The van der Waals surface area contributed by atoms with Gasteiger partial charge < -0.3 is 14.9 Å². The van der Waals surface area contributed by atoms with Crippen molar-refractivity contribution >= 4 is 15.9 Å². The van der Waals surface area contributed by atoms with Gasteiger partial charge in [0, 0.05) is 0 Å². The van der Waals surface area contributed by atoms with Crippen LogP contribution < -0.4 is 4.74 Å². The first-order chi connectivity index (χ1) is 9.59. The van der Waals surface area contributed by atoms with Gasteiger partial charge in [-0.1, -0.05) is 6.58 Å². The van der Waals surface area contributed by atoms with Crippen molar-refractivity contribution in [3.05, 3.63) is 36.9 Å². The Morgan fingerprint density at radius 1 is 1.43 bits per heavy atom. The molecular formula is C13H16O7S. The van der Waals surface area contributed by atoms with Gasteiger partial charge in [-0.15, -0.1) is 0 Å². The van der Waals surface area contributed by atoms with E-state index < -0.39 is 34.2 Å². The van der Waals surface area contributed by atoms with Crippen LogP contribution in [0.3, 0.4) is 0 Å². The maximum Gasteiger partial charge on any atom is 0.294 e. The number of aliphatic hydroxyl groups is 2. The molecular weight excluding hydrogens is 300 g/mol. The molecule has 0 aromatic heterocycles. The maximum atomic E-state index is 11.4. The number of aliphatic hydroxyl groups excluding tert-OH is 1. The number of ether oxygens (including phenoxy) is 1. The molecule has 0 heterocycles. The summed E-state index contributed by atoms with van der Waals surface area (Å²) in [5, 5.41) is 19.6. The van der Waals surface area contributed by atoms with E-state index in [4.69, 9.17) is 9.29 Å². The highest BCUT2D eigenvalue weighted by Crippen LogP contribution is 2.18. The number of rotatable bonds is 7. The smallest absolute Gasteiger partial charge is 0.294 e. The molecule has 0 spiro atoms. The lowest BCUT2D eigenvalue weighted by atomic mass is 9.94. The van der Waals surface area contributed by atoms with Crippen LogP contribution in [0.1, 0.15) is 6.92 Å². The van der Waals surface area contributed by atoms with Crippen LogP contribution in [0.15, 0.2) is 41.8 Å². The SMILES string of the molecule is C=CC(=O)C(C)(O)C(O)COc1ccc(S(=O)(=O)O)cc1. The molecule has 116 valence electrons. The van der Waals surface area contributed by atoms with Crippen molar-refractivity contribution in [2.45, 2.75) is 23.5 Å². The van der Waals surface area contributed by atoms with Crippen molar-refractivity contribution in [3.63, 3.8) is 0 Å². The minimum absolute atomic E-state index is 0.198. The monoisotopic (exact) mass is 316 g/mol. The van der Waals surface area contributed by atoms with Crippen LogP contribution in [0.4, 0.5) is 0 Å². The van der Waals surface area contributed by atoms with Crippen LogP contribution in [-0.2, 0) is 14.9 Å². The van der Waals surface area contributed by atoms with Crippen LogP contribution in [0.2, 0.25) is 0 Å². The molecule has 2 unspecified atom stereocenters. The first kappa shape index (κ1) is 17.3. The first-order valence-corrected chi connectivity index (χ1v) is 7.30. The zero-order valence-electron chi connectivity index (χ0n) is 11.3.